The fraction of sp³-hybridized carbons (Fsp3) is 0.350. The van der Waals surface area contributed by atoms with Crippen LogP contribution in [0.15, 0.2) is 42.5 Å². The Labute approximate surface area is 179 Å². The van der Waals surface area contributed by atoms with Gasteiger partial charge in [-0.25, -0.2) is 17.1 Å². The molecule has 0 spiro atoms. The van der Waals surface area contributed by atoms with Crippen LogP contribution in [0.25, 0.3) is 0 Å². The summed E-state index contributed by atoms with van der Waals surface area (Å²) < 4.78 is 40.5. The highest BCUT2D eigenvalue weighted by Gasteiger charge is 2.32. The van der Waals surface area contributed by atoms with Gasteiger partial charge in [0.25, 0.3) is 0 Å². The summed E-state index contributed by atoms with van der Waals surface area (Å²) >= 11 is 12.2. The molecular formula is C20H21Cl2FN2O3S. The molecule has 29 heavy (non-hydrogen) atoms. The van der Waals surface area contributed by atoms with E-state index in [0.29, 0.717) is 34.0 Å². The number of halogens is 3. The summed E-state index contributed by atoms with van der Waals surface area (Å²) in [5.41, 5.74) is 0.790. The van der Waals surface area contributed by atoms with Gasteiger partial charge in [0.2, 0.25) is 15.9 Å². The summed E-state index contributed by atoms with van der Waals surface area (Å²) in [5, 5.41) is 3.35. The molecule has 1 amide bonds. The lowest BCUT2D eigenvalue weighted by Gasteiger charge is -2.30. The molecule has 5 nitrogen and oxygen atoms in total. The molecule has 0 aliphatic carbocycles. The molecule has 2 aromatic carbocycles. The van der Waals surface area contributed by atoms with Crippen molar-refractivity contribution in [3.8, 4) is 0 Å². The monoisotopic (exact) mass is 458 g/mol. The van der Waals surface area contributed by atoms with E-state index in [1.807, 2.05) is 0 Å². The standard InChI is InChI=1S/C20H21Cl2FN2O3S/c21-17-5-3-6-18(22)16(17)13-29(27,28)25-10-8-14(9-11-25)20(26)24-12-15-4-1-2-7-19(15)23/h1-7,14H,8-13H2,(H,24,26). The summed E-state index contributed by atoms with van der Waals surface area (Å²) in [4.78, 5) is 12.4. The van der Waals surface area contributed by atoms with Gasteiger partial charge in [-0.1, -0.05) is 47.5 Å². The minimum Gasteiger partial charge on any atom is -0.352 e. The number of piperidine rings is 1. The van der Waals surface area contributed by atoms with Crippen molar-refractivity contribution in [2.75, 3.05) is 13.1 Å². The maximum absolute atomic E-state index is 13.7. The Morgan fingerprint density at radius 1 is 1.07 bits per heavy atom. The lowest BCUT2D eigenvalue weighted by Crippen LogP contribution is -2.43. The van der Waals surface area contributed by atoms with Gasteiger partial charge in [-0.05, 0) is 31.0 Å². The van der Waals surface area contributed by atoms with Crippen molar-refractivity contribution in [1.29, 1.82) is 0 Å². The first-order chi connectivity index (χ1) is 13.8. The van der Waals surface area contributed by atoms with Crippen molar-refractivity contribution >= 4 is 39.1 Å². The van der Waals surface area contributed by atoms with Crippen LogP contribution in [0, 0.1) is 11.7 Å². The SMILES string of the molecule is O=C(NCc1ccccc1F)C1CCN(S(=O)(=O)Cc2c(Cl)cccc2Cl)CC1. The van der Waals surface area contributed by atoms with Crippen molar-refractivity contribution in [2.45, 2.75) is 25.1 Å². The molecule has 9 heteroatoms. The normalized spacial score (nSPS) is 16.0. The zero-order chi connectivity index (χ0) is 21.0. The van der Waals surface area contributed by atoms with Crippen molar-refractivity contribution in [3.05, 3.63) is 69.5 Å². The fourth-order valence-corrected chi connectivity index (χ4v) is 5.62. The Kier molecular flexibility index (Phi) is 7.16. The highest BCUT2D eigenvalue weighted by Crippen LogP contribution is 2.29. The third kappa shape index (κ3) is 5.48. The minimum atomic E-state index is -3.61. The van der Waals surface area contributed by atoms with Crippen LogP contribution in [0.1, 0.15) is 24.0 Å². The molecule has 0 saturated carbocycles. The van der Waals surface area contributed by atoms with E-state index in [1.54, 1.807) is 36.4 Å². The average Bonchev–Trinajstić information content (AvgIpc) is 2.70. The van der Waals surface area contributed by atoms with E-state index in [-0.39, 0.29) is 43.0 Å². The lowest BCUT2D eigenvalue weighted by molar-refractivity contribution is -0.126. The Bertz CT molecular complexity index is 973. The van der Waals surface area contributed by atoms with Gasteiger partial charge < -0.3 is 5.32 Å². The van der Waals surface area contributed by atoms with Crippen molar-refractivity contribution in [3.63, 3.8) is 0 Å². The zero-order valence-electron chi connectivity index (χ0n) is 15.6. The van der Waals surface area contributed by atoms with Crippen LogP contribution in [0.2, 0.25) is 10.0 Å². The quantitative estimate of drug-likeness (QED) is 0.711. The van der Waals surface area contributed by atoms with E-state index in [2.05, 4.69) is 5.32 Å². The van der Waals surface area contributed by atoms with Crippen LogP contribution in [-0.2, 0) is 27.1 Å². The molecule has 0 radical (unpaired) electrons. The number of hydrogen-bond acceptors (Lipinski definition) is 3. The number of carbonyl (C=O) groups excluding carboxylic acids is 1. The molecule has 0 atom stereocenters. The number of sulfonamides is 1. The molecule has 0 aromatic heterocycles. The van der Waals surface area contributed by atoms with E-state index in [9.17, 15) is 17.6 Å². The smallest absolute Gasteiger partial charge is 0.223 e. The van der Waals surface area contributed by atoms with Crippen LogP contribution >= 0.6 is 23.2 Å². The number of hydrogen-bond donors (Lipinski definition) is 1. The highest BCUT2D eigenvalue weighted by molar-refractivity contribution is 7.88. The largest absolute Gasteiger partial charge is 0.352 e. The molecular weight excluding hydrogens is 438 g/mol. The van der Waals surface area contributed by atoms with E-state index in [4.69, 9.17) is 23.2 Å². The molecule has 1 heterocycles. The van der Waals surface area contributed by atoms with E-state index in [0.717, 1.165) is 0 Å². The molecule has 1 aliphatic heterocycles. The maximum Gasteiger partial charge on any atom is 0.223 e. The Hall–Kier alpha value is -1.67. The average molecular weight is 459 g/mol. The van der Waals surface area contributed by atoms with Gasteiger partial charge in [-0.15, -0.1) is 0 Å². The van der Waals surface area contributed by atoms with Gasteiger partial charge >= 0.3 is 0 Å². The number of benzene rings is 2. The van der Waals surface area contributed by atoms with E-state index in [1.165, 1.54) is 10.4 Å². The van der Waals surface area contributed by atoms with Gasteiger partial charge in [0.05, 0.1) is 5.75 Å². The number of rotatable bonds is 6. The number of amides is 1. The third-order valence-corrected chi connectivity index (χ3v) is 7.53. The fourth-order valence-electron chi connectivity index (χ4n) is 3.31. The van der Waals surface area contributed by atoms with Gasteiger partial charge in [0.15, 0.2) is 0 Å². The predicted octanol–water partition coefficient (Wildman–Crippen LogP) is 3.99. The second kappa shape index (κ2) is 9.43. The summed E-state index contributed by atoms with van der Waals surface area (Å²) in [6, 6.07) is 11.1. The molecule has 1 aliphatic rings. The number of nitrogens with zero attached hydrogens (tertiary/aromatic N) is 1. The van der Waals surface area contributed by atoms with Crippen molar-refractivity contribution in [1.82, 2.24) is 9.62 Å². The molecule has 1 fully saturated rings. The van der Waals surface area contributed by atoms with Crippen LogP contribution in [0.4, 0.5) is 4.39 Å². The van der Waals surface area contributed by atoms with Gasteiger partial charge in [0.1, 0.15) is 5.82 Å². The van der Waals surface area contributed by atoms with E-state index >= 15 is 0 Å². The molecule has 0 bridgehead atoms. The van der Waals surface area contributed by atoms with Gasteiger partial charge in [-0.3, -0.25) is 4.79 Å². The first-order valence-electron chi connectivity index (χ1n) is 9.20. The molecule has 156 valence electrons. The topological polar surface area (TPSA) is 66.5 Å². The van der Waals surface area contributed by atoms with Crippen molar-refractivity contribution in [2.24, 2.45) is 5.92 Å². The second-order valence-electron chi connectivity index (χ2n) is 6.94. The summed E-state index contributed by atoms with van der Waals surface area (Å²) in [5.74, 6) is -1.15. The molecule has 1 N–H and O–H groups in total. The lowest BCUT2D eigenvalue weighted by atomic mass is 9.97. The zero-order valence-corrected chi connectivity index (χ0v) is 17.9. The van der Waals surface area contributed by atoms with Crippen LogP contribution in [0.3, 0.4) is 0 Å². The number of carbonyl (C=O) groups is 1. The Morgan fingerprint density at radius 2 is 1.69 bits per heavy atom. The summed E-state index contributed by atoms with van der Waals surface area (Å²) in [6.07, 6.45) is 0.803. The minimum absolute atomic E-state index is 0.106. The first-order valence-corrected chi connectivity index (χ1v) is 11.6. The van der Waals surface area contributed by atoms with E-state index < -0.39 is 10.0 Å². The second-order valence-corrected chi connectivity index (χ2v) is 9.72. The summed E-state index contributed by atoms with van der Waals surface area (Å²) in [6.45, 7) is 0.583. The maximum atomic E-state index is 13.7. The van der Waals surface area contributed by atoms with Gasteiger partial charge in [-0.2, -0.15) is 0 Å². The Balaban J connectivity index is 1.55. The van der Waals surface area contributed by atoms with Gasteiger partial charge in [0, 0.05) is 46.7 Å². The van der Waals surface area contributed by atoms with Crippen LogP contribution in [-0.4, -0.2) is 31.7 Å². The first kappa shape index (κ1) is 22.0. The predicted molar refractivity (Wildman–Crippen MR) is 112 cm³/mol. The molecule has 0 unspecified atom stereocenters. The third-order valence-electron chi connectivity index (χ3n) is 5.02. The molecule has 2 aromatic rings. The Morgan fingerprint density at radius 3 is 2.31 bits per heavy atom. The van der Waals surface area contributed by atoms with Crippen LogP contribution < -0.4 is 5.32 Å². The molecule has 1 saturated heterocycles. The van der Waals surface area contributed by atoms with Crippen LogP contribution in [0.5, 0.6) is 0 Å². The number of nitrogens with one attached hydrogen (secondary N) is 1. The van der Waals surface area contributed by atoms with Crippen molar-refractivity contribution < 1.29 is 17.6 Å². The highest BCUT2D eigenvalue weighted by atomic mass is 35.5. The molecule has 3 rings (SSSR count). The summed E-state index contributed by atoms with van der Waals surface area (Å²) in [7, 11) is -3.61.